The molecule has 3 aromatic rings. The van der Waals surface area contributed by atoms with E-state index >= 15 is 0 Å². The molecule has 3 rings (SSSR count). The minimum absolute atomic E-state index is 0.0209. The number of fused-ring (bicyclic) bond motifs is 1. The largest absolute Gasteiger partial charge is 0.417 e. The minimum Gasteiger partial charge on any atom is -0.307 e. The Bertz CT molecular complexity index is 1520. The number of sulfonamides is 1. The molecule has 2 aromatic carbocycles. The molecule has 0 aliphatic rings. The fourth-order valence-corrected chi connectivity index (χ4v) is 3.95. The zero-order chi connectivity index (χ0) is 23.8. The third-order valence-corrected chi connectivity index (χ3v) is 5.84. The number of halogens is 3. The lowest BCUT2D eigenvalue weighted by molar-refractivity contribution is -0.137. The molecule has 0 aliphatic heterocycles. The number of carbonyl (C=O) groups is 1. The molecule has 32 heavy (non-hydrogen) atoms. The SMILES string of the molecule is CCn1c(=O)[nH]c2cc(C(=O)NS(=O)(=O)c3ccc(C#N)c(C(F)(F)F)c3)ccc2c1=O. The molecule has 0 fully saturated rings. The Morgan fingerprint density at radius 2 is 1.88 bits per heavy atom. The molecule has 0 unspecified atom stereocenters. The van der Waals surface area contributed by atoms with Gasteiger partial charge in [-0.1, -0.05) is 0 Å². The van der Waals surface area contributed by atoms with Crippen LogP contribution in [0.25, 0.3) is 10.9 Å². The summed E-state index contributed by atoms with van der Waals surface area (Å²) >= 11 is 0. The third kappa shape index (κ3) is 4.12. The van der Waals surface area contributed by atoms with Crippen molar-refractivity contribution in [3.05, 3.63) is 73.9 Å². The van der Waals surface area contributed by atoms with E-state index in [0.717, 1.165) is 22.8 Å². The Labute approximate surface area is 177 Å². The third-order valence-electron chi connectivity index (χ3n) is 4.51. The summed E-state index contributed by atoms with van der Waals surface area (Å²) in [4.78, 5) is 38.2. The van der Waals surface area contributed by atoms with Crippen LogP contribution in [-0.4, -0.2) is 23.9 Å². The molecular formula is C19H13F3N4O5S. The minimum atomic E-state index is -4.99. The number of nitrogens with zero attached hydrogens (tertiary/aromatic N) is 2. The summed E-state index contributed by atoms with van der Waals surface area (Å²) in [7, 11) is -4.74. The van der Waals surface area contributed by atoms with E-state index in [9.17, 15) is 36.0 Å². The second kappa shape index (κ2) is 7.97. The highest BCUT2D eigenvalue weighted by Crippen LogP contribution is 2.33. The molecule has 1 aromatic heterocycles. The van der Waals surface area contributed by atoms with E-state index in [-0.39, 0.29) is 29.1 Å². The number of rotatable bonds is 4. The fourth-order valence-electron chi connectivity index (χ4n) is 2.95. The van der Waals surface area contributed by atoms with Crippen molar-refractivity contribution in [1.29, 1.82) is 5.26 Å². The van der Waals surface area contributed by atoms with Crippen LogP contribution in [0.15, 0.2) is 50.9 Å². The lowest BCUT2D eigenvalue weighted by Crippen LogP contribution is -2.34. The second-order valence-corrected chi connectivity index (χ2v) is 8.17. The molecule has 0 bridgehead atoms. The van der Waals surface area contributed by atoms with Crippen LogP contribution in [0, 0.1) is 11.3 Å². The van der Waals surface area contributed by atoms with E-state index in [4.69, 9.17) is 5.26 Å². The van der Waals surface area contributed by atoms with Crippen molar-refractivity contribution in [2.75, 3.05) is 0 Å². The average molecular weight is 466 g/mol. The summed E-state index contributed by atoms with van der Waals surface area (Å²) in [5, 5.41) is 8.89. The molecule has 13 heteroatoms. The smallest absolute Gasteiger partial charge is 0.307 e. The van der Waals surface area contributed by atoms with Crippen LogP contribution in [0.4, 0.5) is 13.2 Å². The molecule has 0 aliphatic carbocycles. The van der Waals surface area contributed by atoms with Gasteiger partial charge in [-0.2, -0.15) is 18.4 Å². The molecule has 2 N–H and O–H groups in total. The van der Waals surface area contributed by atoms with Crippen LogP contribution in [0.5, 0.6) is 0 Å². The van der Waals surface area contributed by atoms with Gasteiger partial charge < -0.3 is 4.98 Å². The second-order valence-electron chi connectivity index (χ2n) is 6.49. The van der Waals surface area contributed by atoms with Crippen molar-refractivity contribution >= 4 is 26.8 Å². The van der Waals surface area contributed by atoms with Gasteiger partial charge >= 0.3 is 11.9 Å². The predicted octanol–water partition coefficient (Wildman–Crippen LogP) is 1.72. The van der Waals surface area contributed by atoms with E-state index in [1.165, 1.54) is 12.1 Å². The van der Waals surface area contributed by atoms with E-state index in [1.807, 2.05) is 0 Å². The maximum atomic E-state index is 13.1. The van der Waals surface area contributed by atoms with Gasteiger partial charge in [-0.25, -0.2) is 17.9 Å². The summed E-state index contributed by atoms with van der Waals surface area (Å²) in [6.07, 6.45) is -4.99. The Hall–Kier alpha value is -3.92. The van der Waals surface area contributed by atoms with Crippen molar-refractivity contribution in [2.45, 2.75) is 24.5 Å². The van der Waals surface area contributed by atoms with Gasteiger partial charge in [0, 0.05) is 12.1 Å². The van der Waals surface area contributed by atoms with Crippen molar-refractivity contribution < 1.29 is 26.4 Å². The first-order valence-electron chi connectivity index (χ1n) is 8.84. The number of H-pyrrole nitrogens is 1. The number of hydrogen-bond acceptors (Lipinski definition) is 6. The molecule has 166 valence electrons. The number of nitrogens with one attached hydrogen (secondary N) is 2. The van der Waals surface area contributed by atoms with Crippen molar-refractivity contribution in [3.63, 3.8) is 0 Å². The number of benzene rings is 2. The van der Waals surface area contributed by atoms with Crippen molar-refractivity contribution in [2.24, 2.45) is 0 Å². The average Bonchev–Trinajstić information content (AvgIpc) is 2.72. The standard InChI is InChI=1S/C19H13F3N4O5S/c1-2-26-17(28)13-6-4-10(7-15(13)24-18(26)29)16(27)25-32(30,31)12-5-3-11(9-23)14(8-12)19(20,21)22/h3-8H,2H2,1H3,(H,24,29)(H,25,27). The molecule has 1 heterocycles. The maximum absolute atomic E-state index is 13.1. The quantitative estimate of drug-likeness (QED) is 0.600. The van der Waals surface area contributed by atoms with Gasteiger partial charge in [-0.05, 0) is 43.3 Å². The highest BCUT2D eigenvalue weighted by atomic mass is 32.2. The highest BCUT2D eigenvalue weighted by molar-refractivity contribution is 7.90. The summed E-state index contributed by atoms with van der Waals surface area (Å²) in [6, 6.07) is 6.43. The van der Waals surface area contributed by atoms with E-state index < -0.39 is 49.4 Å². The van der Waals surface area contributed by atoms with Gasteiger partial charge in [0.2, 0.25) is 0 Å². The molecule has 0 spiro atoms. The van der Waals surface area contributed by atoms with Crippen LogP contribution >= 0.6 is 0 Å². The zero-order valence-corrected chi connectivity index (χ0v) is 17.0. The van der Waals surface area contributed by atoms with Crippen LogP contribution in [0.1, 0.15) is 28.4 Å². The first kappa shape index (κ1) is 22.8. The molecule has 0 radical (unpaired) electrons. The zero-order valence-electron chi connectivity index (χ0n) is 16.1. The number of alkyl halides is 3. The predicted molar refractivity (Wildman–Crippen MR) is 105 cm³/mol. The molecular weight excluding hydrogens is 453 g/mol. The van der Waals surface area contributed by atoms with E-state index in [0.29, 0.717) is 6.07 Å². The van der Waals surface area contributed by atoms with Crippen LogP contribution in [0.2, 0.25) is 0 Å². The first-order chi connectivity index (χ1) is 14.9. The van der Waals surface area contributed by atoms with E-state index in [2.05, 4.69) is 4.98 Å². The number of aromatic amines is 1. The number of aromatic nitrogens is 2. The van der Waals surface area contributed by atoms with Gasteiger partial charge in [0.1, 0.15) is 0 Å². The maximum Gasteiger partial charge on any atom is 0.417 e. The molecule has 1 amide bonds. The Kier molecular flexibility index (Phi) is 5.67. The van der Waals surface area contributed by atoms with Gasteiger partial charge in [0.05, 0.1) is 33.0 Å². The van der Waals surface area contributed by atoms with Crippen LogP contribution in [0.3, 0.4) is 0 Å². The first-order valence-corrected chi connectivity index (χ1v) is 10.3. The molecule has 0 saturated heterocycles. The molecule has 9 nitrogen and oxygen atoms in total. The van der Waals surface area contributed by atoms with Crippen molar-refractivity contribution in [1.82, 2.24) is 14.3 Å². The number of nitriles is 1. The van der Waals surface area contributed by atoms with E-state index in [1.54, 1.807) is 11.6 Å². The normalized spacial score (nSPS) is 11.8. The van der Waals surface area contributed by atoms with Gasteiger partial charge in [0.25, 0.3) is 21.5 Å². The van der Waals surface area contributed by atoms with Gasteiger partial charge in [-0.3, -0.25) is 14.2 Å². The highest BCUT2D eigenvalue weighted by Gasteiger charge is 2.35. The van der Waals surface area contributed by atoms with Crippen molar-refractivity contribution in [3.8, 4) is 6.07 Å². The summed E-state index contributed by atoms with van der Waals surface area (Å²) in [6.45, 7) is 1.69. The summed E-state index contributed by atoms with van der Waals surface area (Å²) in [5.74, 6) is -1.20. The number of carbonyl (C=O) groups excluding carboxylic acids is 1. The van der Waals surface area contributed by atoms with Gasteiger partial charge in [-0.15, -0.1) is 0 Å². The lowest BCUT2D eigenvalue weighted by Gasteiger charge is -2.12. The molecule has 0 saturated carbocycles. The van der Waals surface area contributed by atoms with Crippen LogP contribution < -0.4 is 16.0 Å². The Morgan fingerprint density at radius 1 is 1.19 bits per heavy atom. The number of hydrogen-bond donors (Lipinski definition) is 2. The molecule has 0 atom stereocenters. The number of amides is 1. The lowest BCUT2D eigenvalue weighted by atomic mass is 10.1. The summed E-state index contributed by atoms with van der Waals surface area (Å²) < 4.78 is 66.8. The van der Waals surface area contributed by atoms with Gasteiger partial charge in [0.15, 0.2) is 0 Å². The topological polar surface area (TPSA) is 142 Å². The fraction of sp³-hybridized carbons (Fsp3) is 0.158. The Morgan fingerprint density at radius 3 is 2.47 bits per heavy atom. The summed E-state index contributed by atoms with van der Waals surface area (Å²) in [5.41, 5.74) is -3.87. The Balaban J connectivity index is 2.00. The van der Waals surface area contributed by atoms with Crippen LogP contribution in [-0.2, 0) is 22.7 Å². The monoisotopic (exact) mass is 466 g/mol.